The summed E-state index contributed by atoms with van der Waals surface area (Å²) in [5.41, 5.74) is 6.04. The van der Waals surface area contributed by atoms with Crippen molar-refractivity contribution < 1.29 is 19.4 Å². The molecule has 0 bridgehead atoms. The summed E-state index contributed by atoms with van der Waals surface area (Å²) in [5.74, 6) is -0.273. The van der Waals surface area contributed by atoms with Crippen molar-refractivity contribution in [2.45, 2.75) is 37.8 Å². The highest BCUT2D eigenvalue weighted by molar-refractivity contribution is 5.92. The topological polar surface area (TPSA) is 81.8 Å². The number of benzene rings is 1. The van der Waals surface area contributed by atoms with Crippen LogP contribution in [0, 0.1) is 0 Å². The van der Waals surface area contributed by atoms with Crippen LogP contribution in [0.3, 0.4) is 0 Å². The van der Waals surface area contributed by atoms with E-state index >= 15 is 0 Å². The van der Waals surface area contributed by atoms with E-state index < -0.39 is 5.97 Å². The van der Waals surface area contributed by atoms with Gasteiger partial charge in [0.25, 0.3) is 0 Å². The molecule has 5 nitrogen and oxygen atoms in total. The van der Waals surface area contributed by atoms with Crippen LogP contribution in [0.1, 0.15) is 36.0 Å². The fourth-order valence-electron chi connectivity index (χ4n) is 2.42. The molecule has 5 heteroatoms. The summed E-state index contributed by atoms with van der Waals surface area (Å²) in [6.45, 7) is 0. The molecule has 3 N–H and O–H groups in total. The maximum Gasteiger partial charge on any atom is 0.339 e. The van der Waals surface area contributed by atoms with E-state index in [9.17, 15) is 9.90 Å². The predicted molar refractivity (Wildman–Crippen MR) is 70.8 cm³/mol. The van der Waals surface area contributed by atoms with Crippen LogP contribution in [-0.2, 0) is 0 Å². The molecule has 0 amide bonds. The minimum absolute atomic E-state index is 0.0434. The molecule has 2 rings (SSSR count). The van der Waals surface area contributed by atoms with Crippen LogP contribution in [0.15, 0.2) is 18.2 Å². The highest BCUT2D eigenvalue weighted by Crippen LogP contribution is 2.34. The molecule has 0 radical (unpaired) electrons. The number of hydrogen-bond acceptors (Lipinski definition) is 4. The van der Waals surface area contributed by atoms with Crippen molar-refractivity contribution in [2.75, 3.05) is 7.11 Å². The highest BCUT2D eigenvalue weighted by Gasteiger charge is 2.24. The maximum atomic E-state index is 11.2. The van der Waals surface area contributed by atoms with Crippen molar-refractivity contribution >= 4 is 5.97 Å². The van der Waals surface area contributed by atoms with Crippen LogP contribution in [0.2, 0.25) is 0 Å². The largest absolute Gasteiger partial charge is 0.493 e. The number of carboxylic acids is 1. The smallest absolute Gasteiger partial charge is 0.339 e. The van der Waals surface area contributed by atoms with E-state index in [1.165, 1.54) is 13.2 Å². The van der Waals surface area contributed by atoms with Gasteiger partial charge in [0.05, 0.1) is 7.11 Å². The second kappa shape index (κ2) is 5.93. The SMILES string of the molecule is COc1cccc(C(=O)O)c1OC1CCCC(N)C1. The van der Waals surface area contributed by atoms with Gasteiger partial charge in [-0.3, -0.25) is 0 Å². The van der Waals surface area contributed by atoms with Crippen LogP contribution < -0.4 is 15.2 Å². The molecule has 2 atom stereocenters. The summed E-state index contributed by atoms with van der Waals surface area (Å²) in [6, 6.07) is 4.98. The van der Waals surface area contributed by atoms with Crippen LogP contribution >= 0.6 is 0 Å². The van der Waals surface area contributed by atoms with E-state index in [1.807, 2.05) is 0 Å². The van der Waals surface area contributed by atoms with Crippen LogP contribution in [0.25, 0.3) is 0 Å². The number of hydrogen-bond donors (Lipinski definition) is 2. The number of para-hydroxylation sites is 1. The number of rotatable bonds is 4. The van der Waals surface area contributed by atoms with Gasteiger partial charge in [0.1, 0.15) is 11.7 Å². The lowest BCUT2D eigenvalue weighted by Crippen LogP contribution is -2.34. The Labute approximate surface area is 112 Å². The average Bonchev–Trinajstić information content (AvgIpc) is 2.38. The average molecular weight is 265 g/mol. The zero-order chi connectivity index (χ0) is 13.8. The Morgan fingerprint density at radius 3 is 2.84 bits per heavy atom. The van der Waals surface area contributed by atoms with Gasteiger partial charge in [-0.2, -0.15) is 0 Å². The van der Waals surface area contributed by atoms with Crippen molar-refractivity contribution in [2.24, 2.45) is 5.73 Å². The molecule has 0 spiro atoms. The third-order valence-electron chi connectivity index (χ3n) is 3.38. The quantitative estimate of drug-likeness (QED) is 0.870. The molecule has 2 unspecified atom stereocenters. The summed E-state index contributed by atoms with van der Waals surface area (Å²) >= 11 is 0. The molecule has 1 fully saturated rings. The summed E-state index contributed by atoms with van der Waals surface area (Å²) in [5, 5.41) is 9.21. The molecule has 0 heterocycles. The lowest BCUT2D eigenvalue weighted by molar-refractivity contribution is 0.0683. The van der Waals surface area contributed by atoms with Crippen molar-refractivity contribution in [1.29, 1.82) is 0 Å². The Kier molecular flexibility index (Phi) is 4.27. The van der Waals surface area contributed by atoms with Gasteiger partial charge in [-0.05, 0) is 37.8 Å². The van der Waals surface area contributed by atoms with E-state index in [0.29, 0.717) is 11.5 Å². The molecule has 1 saturated carbocycles. The first-order chi connectivity index (χ1) is 9.11. The zero-order valence-corrected chi connectivity index (χ0v) is 11.0. The summed E-state index contributed by atoms with van der Waals surface area (Å²) in [7, 11) is 1.50. The molecule has 1 aromatic rings. The van der Waals surface area contributed by atoms with E-state index in [4.69, 9.17) is 15.2 Å². The number of methoxy groups -OCH3 is 1. The molecule has 19 heavy (non-hydrogen) atoms. The Morgan fingerprint density at radius 2 is 2.21 bits per heavy atom. The Bertz CT molecular complexity index is 461. The second-order valence-electron chi connectivity index (χ2n) is 4.81. The van der Waals surface area contributed by atoms with Crippen molar-refractivity contribution in [3.63, 3.8) is 0 Å². The van der Waals surface area contributed by atoms with Crippen LogP contribution in [-0.4, -0.2) is 30.3 Å². The van der Waals surface area contributed by atoms with Crippen molar-refractivity contribution in [3.05, 3.63) is 23.8 Å². The van der Waals surface area contributed by atoms with Gasteiger partial charge in [-0.15, -0.1) is 0 Å². The normalized spacial score (nSPS) is 22.8. The van der Waals surface area contributed by atoms with Gasteiger partial charge in [0, 0.05) is 6.04 Å². The highest BCUT2D eigenvalue weighted by atomic mass is 16.5. The fourth-order valence-corrected chi connectivity index (χ4v) is 2.42. The van der Waals surface area contributed by atoms with Crippen LogP contribution in [0.5, 0.6) is 11.5 Å². The number of carbonyl (C=O) groups is 1. The number of ether oxygens (including phenoxy) is 2. The summed E-state index contributed by atoms with van der Waals surface area (Å²) < 4.78 is 11.0. The second-order valence-corrected chi connectivity index (χ2v) is 4.81. The van der Waals surface area contributed by atoms with E-state index in [2.05, 4.69) is 0 Å². The first-order valence-corrected chi connectivity index (χ1v) is 6.44. The standard InChI is InChI=1S/C14H19NO4/c1-18-12-7-3-6-11(14(16)17)13(12)19-10-5-2-4-9(15)8-10/h3,6-7,9-10H,2,4-5,8,15H2,1H3,(H,16,17). The third-order valence-corrected chi connectivity index (χ3v) is 3.38. The third kappa shape index (κ3) is 3.17. The Morgan fingerprint density at radius 1 is 1.42 bits per heavy atom. The minimum atomic E-state index is -1.02. The van der Waals surface area contributed by atoms with Gasteiger partial charge in [-0.25, -0.2) is 4.79 Å². The Hall–Kier alpha value is -1.75. The van der Waals surface area contributed by atoms with Gasteiger partial charge >= 0.3 is 5.97 Å². The summed E-state index contributed by atoms with van der Waals surface area (Å²) in [4.78, 5) is 11.2. The molecule has 0 aromatic heterocycles. The number of carboxylic acid groups (broad SMARTS) is 1. The van der Waals surface area contributed by atoms with Gasteiger partial charge in [-0.1, -0.05) is 6.07 Å². The van der Waals surface area contributed by atoms with E-state index in [-0.39, 0.29) is 17.7 Å². The molecule has 104 valence electrons. The molecule has 1 aliphatic carbocycles. The molecule has 0 saturated heterocycles. The van der Waals surface area contributed by atoms with Gasteiger partial charge in [0.2, 0.25) is 0 Å². The van der Waals surface area contributed by atoms with Gasteiger partial charge < -0.3 is 20.3 Å². The number of aromatic carboxylic acids is 1. The zero-order valence-electron chi connectivity index (χ0n) is 11.0. The molecule has 1 aromatic carbocycles. The monoisotopic (exact) mass is 265 g/mol. The minimum Gasteiger partial charge on any atom is -0.493 e. The number of nitrogens with two attached hydrogens (primary N) is 1. The first-order valence-electron chi connectivity index (χ1n) is 6.44. The van der Waals surface area contributed by atoms with Crippen molar-refractivity contribution in [3.8, 4) is 11.5 Å². The molecular formula is C14H19NO4. The van der Waals surface area contributed by atoms with Crippen molar-refractivity contribution in [1.82, 2.24) is 0 Å². The fraction of sp³-hybridized carbons (Fsp3) is 0.500. The predicted octanol–water partition coefficient (Wildman–Crippen LogP) is 2.04. The Balaban J connectivity index is 2.24. The van der Waals surface area contributed by atoms with Crippen LogP contribution in [0.4, 0.5) is 0 Å². The van der Waals surface area contributed by atoms with E-state index in [0.717, 1.165) is 25.7 Å². The lowest BCUT2D eigenvalue weighted by Gasteiger charge is -2.28. The van der Waals surface area contributed by atoms with Gasteiger partial charge in [0.15, 0.2) is 11.5 Å². The maximum absolute atomic E-state index is 11.2. The lowest BCUT2D eigenvalue weighted by atomic mass is 9.93. The molecule has 0 aliphatic heterocycles. The summed E-state index contributed by atoms with van der Waals surface area (Å²) in [6.07, 6.45) is 3.60. The first kappa shape index (κ1) is 13.7. The van der Waals surface area contributed by atoms with E-state index in [1.54, 1.807) is 12.1 Å². The molecular weight excluding hydrogens is 246 g/mol. The molecule has 1 aliphatic rings.